The number of carboxylic acid groups (broad SMARTS) is 1. The molecule has 7 nitrogen and oxygen atoms in total. The number of nitrogens with zero attached hydrogens (tertiary/aromatic N) is 1. The Bertz CT molecular complexity index is 886. The fourth-order valence-electron chi connectivity index (χ4n) is 5.14. The number of allylic oxidation sites excluding steroid dienone is 2. The molecule has 1 aliphatic carbocycles. The van der Waals surface area contributed by atoms with Gasteiger partial charge in [-0.2, -0.15) is 0 Å². The molecule has 7 heteroatoms. The standard InChI is InChI=1S/C25H32N2O5/c28-19-13-21-22(29)15-25(24(31)32)14-17(25)9-5-2-1-3-8-12-20(23(30)27(21)16-19)26-18-10-6-4-7-11-18/h4-7,9-11,17,19-21,26,28H,1-3,8,12-16H2,(H,31,32)/b9-5-/t17-,19+,20-,21-,25+/m0/s1. The zero-order valence-electron chi connectivity index (χ0n) is 18.3. The molecule has 1 aromatic rings. The second kappa shape index (κ2) is 9.45. The average molecular weight is 441 g/mol. The van der Waals surface area contributed by atoms with Crippen LogP contribution in [0.1, 0.15) is 51.4 Å². The maximum atomic E-state index is 13.5. The molecule has 3 N–H and O–H groups in total. The first-order valence-electron chi connectivity index (χ1n) is 11.6. The summed E-state index contributed by atoms with van der Waals surface area (Å²) in [5.74, 6) is -1.56. The van der Waals surface area contributed by atoms with Crippen LogP contribution in [0.3, 0.4) is 0 Å². The van der Waals surface area contributed by atoms with Crippen LogP contribution in [-0.4, -0.2) is 57.5 Å². The van der Waals surface area contributed by atoms with Gasteiger partial charge in [-0.25, -0.2) is 0 Å². The Morgan fingerprint density at radius 3 is 2.66 bits per heavy atom. The number of amides is 1. The predicted molar refractivity (Wildman–Crippen MR) is 120 cm³/mol. The van der Waals surface area contributed by atoms with Gasteiger partial charge in [0.2, 0.25) is 5.91 Å². The van der Waals surface area contributed by atoms with Gasteiger partial charge in [-0.15, -0.1) is 0 Å². The molecule has 4 rings (SSSR count). The summed E-state index contributed by atoms with van der Waals surface area (Å²) in [6, 6.07) is 8.23. The van der Waals surface area contributed by atoms with Crippen LogP contribution in [-0.2, 0) is 14.4 Å². The lowest BCUT2D eigenvalue weighted by atomic mass is 9.92. The molecule has 0 bridgehead atoms. The monoisotopic (exact) mass is 440 g/mol. The Kier molecular flexibility index (Phi) is 6.65. The largest absolute Gasteiger partial charge is 0.481 e. The van der Waals surface area contributed by atoms with Crippen LogP contribution in [0.4, 0.5) is 5.69 Å². The summed E-state index contributed by atoms with van der Waals surface area (Å²) in [5, 5.41) is 23.4. The van der Waals surface area contributed by atoms with E-state index in [2.05, 4.69) is 5.32 Å². The number of aliphatic hydroxyl groups excluding tert-OH is 1. The highest BCUT2D eigenvalue weighted by Gasteiger charge is 2.61. The van der Waals surface area contributed by atoms with E-state index in [0.29, 0.717) is 12.8 Å². The quantitative estimate of drug-likeness (QED) is 0.624. The Morgan fingerprint density at radius 2 is 1.91 bits per heavy atom. The molecule has 1 saturated heterocycles. The summed E-state index contributed by atoms with van der Waals surface area (Å²) in [4.78, 5) is 40.3. The van der Waals surface area contributed by atoms with Gasteiger partial charge in [0.1, 0.15) is 6.04 Å². The van der Waals surface area contributed by atoms with E-state index in [9.17, 15) is 24.6 Å². The van der Waals surface area contributed by atoms with Crippen molar-refractivity contribution in [3.63, 3.8) is 0 Å². The van der Waals surface area contributed by atoms with Gasteiger partial charge < -0.3 is 20.4 Å². The Hall–Kier alpha value is -2.67. The van der Waals surface area contributed by atoms with E-state index in [0.717, 1.165) is 31.4 Å². The molecule has 1 amide bonds. The van der Waals surface area contributed by atoms with Crippen molar-refractivity contribution in [1.82, 2.24) is 4.90 Å². The number of para-hydroxylation sites is 1. The first-order chi connectivity index (χ1) is 15.4. The SMILES string of the molecule is O=C1C[C@]2(C(=O)O)C[C@@H]2/C=C\CCCCC[C@H](Nc2ccccc2)C(=O)N2C[C@H](O)C[C@@H]12. The van der Waals surface area contributed by atoms with Crippen molar-refractivity contribution in [2.75, 3.05) is 11.9 Å². The predicted octanol–water partition coefficient (Wildman–Crippen LogP) is 3.00. The van der Waals surface area contributed by atoms with Gasteiger partial charge in [0.25, 0.3) is 0 Å². The molecule has 2 aliphatic heterocycles. The number of carbonyl (C=O) groups is 3. The van der Waals surface area contributed by atoms with Gasteiger partial charge in [0.15, 0.2) is 5.78 Å². The minimum Gasteiger partial charge on any atom is -0.481 e. The first kappa shape index (κ1) is 22.5. The average Bonchev–Trinajstić information content (AvgIpc) is 3.33. The third-order valence-corrected chi connectivity index (χ3v) is 7.13. The van der Waals surface area contributed by atoms with Crippen LogP contribution in [0.25, 0.3) is 0 Å². The summed E-state index contributed by atoms with van der Waals surface area (Å²) >= 11 is 0. The summed E-state index contributed by atoms with van der Waals surface area (Å²) in [6.45, 7) is 0.103. The minimum atomic E-state index is -1.07. The molecule has 2 heterocycles. The smallest absolute Gasteiger partial charge is 0.310 e. The van der Waals surface area contributed by atoms with Crippen molar-refractivity contribution < 1.29 is 24.6 Å². The molecule has 172 valence electrons. The number of hydrogen-bond acceptors (Lipinski definition) is 5. The van der Waals surface area contributed by atoms with Gasteiger partial charge in [-0.1, -0.05) is 43.2 Å². The molecule has 5 atom stereocenters. The molecular formula is C25H32N2O5. The number of carbonyl (C=O) groups excluding carboxylic acids is 2. The van der Waals surface area contributed by atoms with Crippen molar-refractivity contribution in [1.29, 1.82) is 0 Å². The number of Topliss-reactive ketones (excluding diaryl/α,β-unsaturated/α-hetero) is 1. The van der Waals surface area contributed by atoms with Crippen molar-refractivity contribution in [2.45, 2.75) is 69.6 Å². The molecular weight excluding hydrogens is 408 g/mol. The van der Waals surface area contributed by atoms with E-state index in [-0.39, 0.29) is 37.0 Å². The number of hydrogen-bond donors (Lipinski definition) is 3. The highest BCUT2D eigenvalue weighted by molar-refractivity contribution is 5.96. The van der Waals surface area contributed by atoms with Gasteiger partial charge in [-0.3, -0.25) is 14.4 Å². The van der Waals surface area contributed by atoms with Crippen molar-refractivity contribution >= 4 is 23.3 Å². The summed E-state index contributed by atoms with van der Waals surface area (Å²) in [6.07, 6.45) is 8.02. The third-order valence-electron chi connectivity index (χ3n) is 7.13. The Labute approximate surface area is 188 Å². The number of nitrogens with one attached hydrogen (secondary N) is 1. The van der Waals surface area contributed by atoms with Crippen LogP contribution in [0.5, 0.6) is 0 Å². The van der Waals surface area contributed by atoms with E-state index in [4.69, 9.17) is 0 Å². The van der Waals surface area contributed by atoms with E-state index < -0.39 is 29.6 Å². The normalized spacial score (nSPS) is 34.6. The number of aliphatic hydroxyl groups is 1. The molecule has 0 aromatic heterocycles. The zero-order chi connectivity index (χ0) is 22.7. The third kappa shape index (κ3) is 4.72. The minimum absolute atomic E-state index is 0.102. The topological polar surface area (TPSA) is 107 Å². The molecule has 1 saturated carbocycles. The van der Waals surface area contributed by atoms with E-state index in [1.165, 1.54) is 4.90 Å². The highest BCUT2D eigenvalue weighted by atomic mass is 16.4. The van der Waals surface area contributed by atoms with Crippen LogP contribution >= 0.6 is 0 Å². The summed E-state index contributed by atoms with van der Waals surface area (Å²) in [5.41, 5.74) is -0.238. The lowest BCUT2D eigenvalue weighted by molar-refractivity contribution is -0.147. The van der Waals surface area contributed by atoms with Crippen LogP contribution < -0.4 is 5.32 Å². The van der Waals surface area contributed by atoms with Crippen LogP contribution in [0.15, 0.2) is 42.5 Å². The van der Waals surface area contributed by atoms with E-state index in [1.807, 2.05) is 42.5 Å². The second-order valence-electron chi connectivity index (χ2n) is 9.44. The fourth-order valence-corrected chi connectivity index (χ4v) is 5.14. The number of rotatable bonds is 3. The van der Waals surface area contributed by atoms with Crippen molar-refractivity contribution in [2.24, 2.45) is 11.3 Å². The maximum absolute atomic E-state index is 13.5. The summed E-state index contributed by atoms with van der Waals surface area (Å²) in [7, 11) is 0. The first-order valence-corrected chi connectivity index (χ1v) is 11.6. The Balaban J connectivity index is 1.59. The van der Waals surface area contributed by atoms with Gasteiger partial charge in [0.05, 0.1) is 17.6 Å². The fraction of sp³-hybridized carbons (Fsp3) is 0.560. The van der Waals surface area contributed by atoms with Crippen molar-refractivity contribution in [3.8, 4) is 0 Å². The second-order valence-corrected chi connectivity index (χ2v) is 9.44. The lowest BCUT2D eigenvalue weighted by Crippen LogP contribution is -2.48. The number of aliphatic carboxylic acids is 1. The molecule has 0 radical (unpaired) electrons. The molecule has 0 unspecified atom stereocenters. The van der Waals surface area contributed by atoms with Crippen LogP contribution in [0.2, 0.25) is 0 Å². The maximum Gasteiger partial charge on any atom is 0.310 e. The number of benzene rings is 1. The number of anilines is 1. The lowest BCUT2D eigenvalue weighted by Gasteiger charge is -2.29. The number of carboxylic acids is 1. The van der Waals surface area contributed by atoms with Crippen molar-refractivity contribution in [3.05, 3.63) is 42.5 Å². The highest BCUT2D eigenvalue weighted by Crippen LogP contribution is 2.57. The molecule has 3 aliphatic rings. The zero-order valence-corrected chi connectivity index (χ0v) is 18.3. The van der Waals surface area contributed by atoms with Gasteiger partial charge >= 0.3 is 5.97 Å². The molecule has 1 aromatic carbocycles. The Morgan fingerprint density at radius 1 is 1.12 bits per heavy atom. The number of ketones is 1. The van der Waals surface area contributed by atoms with Gasteiger partial charge in [0, 0.05) is 25.1 Å². The number of fused-ring (bicyclic) bond motifs is 2. The summed E-state index contributed by atoms with van der Waals surface area (Å²) < 4.78 is 0. The molecule has 2 fully saturated rings. The van der Waals surface area contributed by atoms with Crippen LogP contribution in [0, 0.1) is 11.3 Å². The van der Waals surface area contributed by atoms with Gasteiger partial charge in [-0.05, 0) is 43.7 Å². The molecule has 0 spiro atoms. The van der Waals surface area contributed by atoms with E-state index >= 15 is 0 Å². The van der Waals surface area contributed by atoms with E-state index in [1.54, 1.807) is 0 Å². The molecule has 32 heavy (non-hydrogen) atoms.